The quantitative estimate of drug-likeness (QED) is 0.827. The van der Waals surface area contributed by atoms with Crippen LogP contribution in [0.2, 0.25) is 0 Å². The molecule has 0 radical (unpaired) electrons. The Morgan fingerprint density at radius 1 is 1.14 bits per heavy atom. The molecule has 1 saturated carbocycles. The molecule has 3 nitrogen and oxygen atoms in total. The van der Waals surface area contributed by atoms with E-state index < -0.39 is 0 Å². The van der Waals surface area contributed by atoms with E-state index in [0.717, 1.165) is 6.42 Å². The average molecular weight is 280 g/mol. The van der Waals surface area contributed by atoms with Gasteiger partial charge in [0.2, 0.25) is 0 Å². The Bertz CT molecular complexity index is 620. The number of nitrogens with one attached hydrogen (secondary N) is 1. The molecule has 3 rings (SSSR count). The van der Waals surface area contributed by atoms with Gasteiger partial charge in [-0.3, -0.25) is 4.79 Å². The average Bonchev–Trinajstić information content (AvgIpc) is 3.32. The number of hydrogen-bond donors (Lipinski definition) is 2. The summed E-state index contributed by atoms with van der Waals surface area (Å²) in [5, 5.41) is 3.18. The van der Waals surface area contributed by atoms with Gasteiger partial charge in [0.1, 0.15) is 0 Å². The predicted octanol–water partition coefficient (Wildman–Crippen LogP) is 3.02. The summed E-state index contributed by atoms with van der Waals surface area (Å²) in [7, 11) is 0. The topological polar surface area (TPSA) is 55.1 Å². The van der Waals surface area contributed by atoms with Crippen LogP contribution >= 0.6 is 0 Å². The summed E-state index contributed by atoms with van der Waals surface area (Å²) < 4.78 is 0. The Labute approximate surface area is 125 Å². The number of amides is 1. The van der Waals surface area contributed by atoms with E-state index in [-0.39, 0.29) is 11.9 Å². The molecule has 0 spiro atoms. The van der Waals surface area contributed by atoms with Gasteiger partial charge in [-0.1, -0.05) is 36.4 Å². The summed E-state index contributed by atoms with van der Waals surface area (Å²) in [6, 6.07) is 17.7. The minimum absolute atomic E-state index is 0.0323. The second kappa shape index (κ2) is 6.00. The van der Waals surface area contributed by atoms with E-state index in [1.54, 1.807) is 18.2 Å². The molecular formula is C18H20N2O. The molecule has 2 aromatic carbocycles. The molecule has 0 aromatic heterocycles. The smallest absolute Gasteiger partial charge is 0.251 e. The van der Waals surface area contributed by atoms with Crippen LogP contribution < -0.4 is 11.1 Å². The monoisotopic (exact) mass is 280 g/mol. The van der Waals surface area contributed by atoms with E-state index in [9.17, 15) is 4.79 Å². The zero-order valence-corrected chi connectivity index (χ0v) is 12.0. The highest BCUT2D eigenvalue weighted by molar-refractivity contribution is 5.95. The lowest BCUT2D eigenvalue weighted by molar-refractivity contribution is 0.0932. The van der Waals surface area contributed by atoms with Gasteiger partial charge in [-0.25, -0.2) is 0 Å². The third kappa shape index (κ3) is 3.63. The first kappa shape index (κ1) is 13.7. The maximum absolute atomic E-state index is 12.4. The lowest BCUT2D eigenvalue weighted by Gasteiger charge is -2.18. The summed E-state index contributed by atoms with van der Waals surface area (Å²) in [6.07, 6.45) is 3.29. The SMILES string of the molecule is Nc1cccc(C(=O)NC(Cc2ccccc2)C2CC2)c1. The normalized spacial score (nSPS) is 15.4. The van der Waals surface area contributed by atoms with E-state index in [1.165, 1.54) is 18.4 Å². The summed E-state index contributed by atoms with van der Waals surface area (Å²) in [6.45, 7) is 0. The fourth-order valence-electron chi connectivity index (χ4n) is 2.63. The zero-order chi connectivity index (χ0) is 14.7. The Hall–Kier alpha value is -2.29. The van der Waals surface area contributed by atoms with Crippen LogP contribution in [-0.4, -0.2) is 11.9 Å². The second-order valence-electron chi connectivity index (χ2n) is 5.73. The van der Waals surface area contributed by atoms with E-state index >= 15 is 0 Å². The fourth-order valence-corrected chi connectivity index (χ4v) is 2.63. The molecule has 21 heavy (non-hydrogen) atoms. The van der Waals surface area contributed by atoms with Gasteiger partial charge in [0, 0.05) is 17.3 Å². The number of anilines is 1. The molecule has 1 unspecified atom stereocenters. The van der Waals surface area contributed by atoms with Crippen molar-refractivity contribution >= 4 is 11.6 Å². The number of carbonyl (C=O) groups excluding carboxylic acids is 1. The van der Waals surface area contributed by atoms with Crippen molar-refractivity contribution in [1.82, 2.24) is 5.32 Å². The molecule has 1 aliphatic carbocycles. The summed E-state index contributed by atoms with van der Waals surface area (Å²) >= 11 is 0. The Morgan fingerprint density at radius 2 is 1.90 bits per heavy atom. The number of rotatable bonds is 5. The minimum Gasteiger partial charge on any atom is -0.399 e. The van der Waals surface area contributed by atoms with Crippen molar-refractivity contribution < 1.29 is 4.79 Å². The van der Waals surface area contributed by atoms with E-state index in [0.29, 0.717) is 17.2 Å². The first-order valence-corrected chi connectivity index (χ1v) is 7.43. The van der Waals surface area contributed by atoms with Gasteiger partial charge in [-0.15, -0.1) is 0 Å². The first-order chi connectivity index (χ1) is 10.2. The van der Waals surface area contributed by atoms with Gasteiger partial charge >= 0.3 is 0 Å². The lowest BCUT2D eigenvalue weighted by Crippen LogP contribution is -2.38. The van der Waals surface area contributed by atoms with Crippen LogP contribution in [0.5, 0.6) is 0 Å². The highest BCUT2D eigenvalue weighted by atomic mass is 16.1. The van der Waals surface area contributed by atoms with Gasteiger partial charge < -0.3 is 11.1 Å². The molecule has 1 fully saturated rings. The lowest BCUT2D eigenvalue weighted by atomic mass is 10.0. The third-order valence-corrected chi connectivity index (χ3v) is 3.95. The van der Waals surface area contributed by atoms with Gasteiger partial charge in [0.25, 0.3) is 5.91 Å². The van der Waals surface area contributed by atoms with Crippen LogP contribution in [0, 0.1) is 5.92 Å². The third-order valence-electron chi connectivity index (χ3n) is 3.95. The molecule has 3 heteroatoms. The largest absolute Gasteiger partial charge is 0.399 e. The highest BCUT2D eigenvalue weighted by Crippen LogP contribution is 2.34. The summed E-state index contributed by atoms with van der Waals surface area (Å²) in [4.78, 5) is 12.4. The van der Waals surface area contributed by atoms with Crippen molar-refractivity contribution in [3.05, 3.63) is 65.7 Å². The minimum atomic E-state index is -0.0323. The van der Waals surface area contributed by atoms with Gasteiger partial charge in [0.05, 0.1) is 0 Å². The van der Waals surface area contributed by atoms with Crippen LogP contribution in [-0.2, 0) is 6.42 Å². The Kier molecular flexibility index (Phi) is 3.91. The summed E-state index contributed by atoms with van der Waals surface area (Å²) in [5.41, 5.74) is 8.26. The van der Waals surface area contributed by atoms with Crippen molar-refractivity contribution in [1.29, 1.82) is 0 Å². The van der Waals surface area contributed by atoms with Gasteiger partial charge in [-0.05, 0) is 48.9 Å². The van der Waals surface area contributed by atoms with E-state index in [1.807, 2.05) is 24.3 Å². The van der Waals surface area contributed by atoms with Gasteiger partial charge in [-0.2, -0.15) is 0 Å². The first-order valence-electron chi connectivity index (χ1n) is 7.43. The molecule has 1 atom stereocenters. The predicted molar refractivity (Wildman–Crippen MR) is 85.0 cm³/mol. The van der Waals surface area contributed by atoms with E-state index in [2.05, 4.69) is 17.4 Å². The van der Waals surface area contributed by atoms with Crippen LogP contribution in [0.1, 0.15) is 28.8 Å². The molecule has 0 bridgehead atoms. The molecule has 3 N–H and O–H groups in total. The van der Waals surface area contributed by atoms with Crippen molar-refractivity contribution in [3.8, 4) is 0 Å². The standard InChI is InChI=1S/C18H20N2O/c19-16-8-4-7-15(12-16)18(21)20-17(14-9-10-14)11-13-5-2-1-3-6-13/h1-8,12,14,17H,9-11,19H2,(H,20,21). The molecule has 0 aliphatic heterocycles. The number of carbonyl (C=O) groups is 1. The maximum atomic E-state index is 12.4. The Balaban J connectivity index is 1.69. The number of hydrogen-bond acceptors (Lipinski definition) is 2. The second-order valence-corrected chi connectivity index (χ2v) is 5.73. The van der Waals surface area contributed by atoms with Crippen LogP contribution in [0.4, 0.5) is 5.69 Å². The van der Waals surface area contributed by atoms with Crippen molar-refractivity contribution in [3.63, 3.8) is 0 Å². The molecule has 2 aromatic rings. The number of nitrogen functional groups attached to an aromatic ring is 1. The molecule has 0 saturated heterocycles. The van der Waals surface area contributed by atoms with Crippen LogP contribution in [0.3, 0.4) is 0 Å². The van der Waals surface area contributed by atoms with E-state index in [4.69, 9.17) is 5.73 Å². The van der Waals surface area contributed by atoms with Crippen LogP contribution in [0.15, 0.2) is 54.6 Å². The molecule has 0 heterocycles. The molecular weight excluding hydrogens is 260 g/mol. The summed E-state index contributed by atoms with van der Waals surface area (Å²) in [5.74, 6) is 0.574. The highest BCUT2D eigenvalue weighted by Gasteiger charge is 2.32. The number of nitrogens with two attached hydrogens (primary N) is 1. The number of benzene rings is 2. The maximum Gasteiger partial charge on any atom is 0.251 e. The van der Waals surface area contributed by atoms with Crippen LogP contribution in [0.25, 0.3) is 0 Å². The molecule has 1 aliphatic rings. The van der Waals surface area contributed by atoms with Crippen molar-refractivity contribution in [2.45, 2.75) is 25.3 Å². The van der Waals surface area contributed by atoms with Gasteiger partial charge in [0.15, 0.2) is 0 Å². The Morgan fingerprint density at radius 3 is 2.57 bits per heavy atom. The molecule has 108 valence electrons. The zero-order valence-electron chi connectivity index (χ0n) is 12.0. The fraction of sp³-hybridized carbons (Fsp3) is 0.278. The van der Waals surface area contributed by atoms with Crippen molar-refractivity contribution in [2.24, 2.45) is 5.92 Å². The van der Waals surface area contributed by atoms with Crippen molar-refractivity contribution in [2.75, 3.05) is 5.73 Å². The molecule has 1 amide bonds.